The molecule has 0 aromatic heterocycles. The Balaban J connectivity index is 2.97. The second-order valence-corrected chi connectivity index (χ2v) is 4.78. The van der Waals surface area contributed by atoms with E-state index in [1.165, 1.54) is 0 Å². The highest BCUT2D eigenvalue weighted by Crippen LogP contribution is 2.26. The summed E-state index contributed by atoms with van der Waals surface area (Å²) in [4.78, 5) is 11.8. The lowest BCUT2D eigenvalue weighted by atomic mass is 9.86. The molecule has 4 nitrogen and oxygen atoms in total. The van der Waals surface area contributed by atoms with E-state index in [1.807, 2.05) is 51.1 Å². The van der Waals surface area contributed by atoms with E-state index >= 15 is 0 Å². The first-order chi connectivity index (χ1) is 9.03. The van der Waals surface area contributed by atoms with Gasteiger partial charge in [0.05, 0.1) is 6.10 Å². The molecule has 0 radical (unpaired) electrons. The largest absolute Gasteiger partial charge is 0.480 e. The smallest absolute Gasteiger partial charge is 0.328 e. The van der Waals surface area contributed by atoms with Crippen molar-refractivity contribution in [2.75, 3.05) is 13.2 Å². The lowest BCUT2D eigenvalue weighted by molar-refractivity contribution is -0.146. The first-order valence-electron chi connectivity index (χ1n) is 6.68. The zero-order chi connectivity index (χ0) is 14.3. The van der Waals surface area contributed by atoms with Crippen LogP contribution < -0.4 is 5.32 Å². The Morgan fingerprint density at radius 1 is 1.37 bits per heavy atom. The van der Waals surface area contributed by atoms with Gasteiger partial charge in [0, 0.05) is 13.0 Å². The lowest BCUT2D eigenvalue weighted by Crippen LogP contribution is -2.50. The first-order valence-corrected chi connectivity index (χ1v) is 6.68. The number of ether oxygens (including phenoxy) is 1. The van der Waals surface area contributed by atoms with E-state index in [2.05, 4.69) is 5.32 Å². The highest BCUT2D eigenvalue weighted by atomic mass is 16.5. The van der Waals surface area contributed by atoms with Gasteiger partial charge in [-0.15, -0.1) is 0 Å². The van der Waals surface area contributed by atoms with Crippen LogP contribution >= 0.6 is 0 Å². The molecular formula is C15H23NO3. The van der Waals surface area contributed by atoms with Gasteiger partial charge in [-0.05, 0) is 26.0 Å². The average Bonchev–Trinajstić information content (AvgIpc) is 2.38. The van der Waals surface area contributed by atoms with Gasteiger partial charge in [-0.1, -0.05) is 37.3 Å². The molecule has 0 amide bonds. The molecule has 0 saturated carbocycles. The molecule has 1 atom stereocenters. The fourth-order valence-corrected chi connectivity index (χ4v) is 2.11. The molecule has 1 unspecified atom stereocenters. The molecule has 4 heteroatoms. The summed E-state index contributed by atoms with van der Waals surface area (Å²) in [5.74, 6) is -0.868. The van der Waals surface area contributed by atoms with Crippen LogP contribution in [0.1, 0.15) is 32.8 Å². The summed E-state index contributed by atoms with van der Waals surface area (Å²) in [5, 5.41) is 12.8. The minimum atomic E-state index is -1.08. The summed E-state index contributed by atoms with van der Waals surface area (Å²) in [7, 11) is 0. The van der Waals surface area contributed by atoms with Crippen molar-refractivity contribution in [3.8, 4) is 0 Å². The molecule has 0 aliphatic heterocycles. The highest BCUT2D eigenvalue weighted by Gasteiger charge is 2.39. The number of carboxylic acids is 1. The number of carboxylic acid groups (broad SMARTS) is 1. The fourth-order valence-electron chi connectivity index (χ4n) is 2.11. The monoisotopic (exact) mass is 265 g/mol. The maximum atomic E-state index is 11.8. The quantitative estimate of drug-likeness (QED) is 0.757. The van der Waals surface area contributed by atoms with E-state index in [0.717, 1.165) is 5.56 Å². The number of aliphatic carboxylic acids is 1. The third-order valence-electron chi connectivity index (χ3n) is 3.04. The van der Waals surface area contributed by atoms with E-state index in [9.17, 15) is 9.90 Å². The number of carbonyl (C=O) groups is 1. The molecule has 1 aromatic rings. The predicted octanol–water partition coefficient (Wildman–Crippen LogP) is 2.39. The van der Waals surface area contributed by atoms with Gasteiger partial charge in [0.15, 0.2) is 0 Å². The molecule has 1 aromatic carbocycles. The summed E-state index contributed by atoms with van der Waals surface area (Å²) >= 11 is 0. The SMILES string of the molecule is CCNC(CCOC(C)C)(C(=O)O)c1ccccc1. The molecule has 2 N–H and O–H groups in total. The van der Waals surface area contributed by atoms with Crippen LogP contribution in [0.15, 0.2) is 30.3 Å². The van der Waals surface area contributed by atoms with Gasteiger partial charge in [-0.2, -0.15) is 0 Å². The molecule has 0 fully saturated rings. The van der Waals surface area contributed by atoms with E-state index in [0.29, 0.717) is 19.6 Å². The normalized spacial score (nSPS) is 14.3. The number of hydrogen-bond donors (Lipinski definition) is 2. The minimum Gasteiger partial charge on any atom is -0.480 e. The summed E-state index contributed by atoms with van der Waals surface area (Å²) in [5.41, 5.74) is -0.318. The second kappa shape index (κ2) is 7.26. The van der Waals surface area contributed by atoms with Gasteiger partial charge in [-0.25, -0.2) is 4.79 Å². The Morgan fingerprint density at radius 2 is 2.00 bits per heavy atom. The summed E-state index contributed by atoms with van der Waals surface area (Å²) in [6, 6.07) is 9.27. The summed E-state index contributed by atoms with van der Waals surface area (Å²) in [6.07, 6.45) is 0.502. The van der Waals surface area contributed by atoms with Crippen LogP contribution in [0.5, 0.6) is 0 Å². The first kappa shape index (κ1) is 15.7. The van der Waals surface area contributed by atoms with Crippen molar-refractivity contribution in [3.63, 3.8) is 0 Å². The van der Waals surface area contributed by atoms with Crippen molar-refractivity contribution < 1.29 is 14.6 Å². The zero-order valence-electron chi connectivity index (χ0n) is 11.8. The van der Waals surface area contributed by atoms with Gasteiger partial charge in [0.2, 0.25) is 0 Å². The van der Waals surface area contributed by atoms with Gasteiger partial charge in [0.1, 0.15) is 5.54 Å². The van der Waals surface area contributed by atoms with E-state index in [4.69, 9.17) is 4.74 Å². The molecular weight excluding hydrogens is 242 g/mol. The predicted molar refractivity (Wildman–Crippen MR) is 75.1 cm³/mol. The molecule has 0 bridgehead atoms. The zero-order valence-corrected chi connectivity index (χ0v) is 11.8. The maximum absolute atomic E-state index is 11.8. The van der Waals surface area contributed by atoms with Crippen LogP contribution in [0.4, 0.5) is 0 Å². The van der Waals surface area contributed by atoms with E-state index in [1.54, 1.807) is 0 Å². The van der Waals surface area contributed by atoms with Crippen LogP contribution in [-0.4, -0.2) is 30.3 Å². The Labute approximate surface area is 114 Å². The van der Waals surface area contributed by atoms with Crippen LogP contribution in [0.25, 0.3) is 0 Å². The van der Waals surface area contributed by atoms with Crippen molar-refractivity contribution in [2.24, 2.45) is 0 Å². The molecule has 0 saturated heterocycles. The number of rotatable bonds is 8. The van der Waals surface area contributed by atoms with Crippen molar-refractivity contribution in [1.82, 2.24) is 5.32 Å². The Bertz CT molecular complexity index is 392. The summed E-state index contributed by atoms with van der Waals surface area (Å²) in [6.45, 7) is 6.79. The highest BCUT2D eigenvalue weighted by molar-refractivity contribution is 5.80. The molecule has 0 heterocycles. The summed E-state index contributed by atoms with van der Waals surface area (Å²) < 4.78 is 5.51. The topological polar surface area (TPSA) is 58.6 Å². The third kappa shape index (κ3) is 4.04. The Morgan fingerprint density at radius 3 is 2.47 bits per heavy atom. The maximum Gasteiger partial charge on any atom is 0.328 e. The number of benzene rings is 1. The van der Waals surface area contributed by atoms with Crippen molar-refractivity contribution in [2.45, 2.75) is 38.8 Å². The molecule has 1 rings (SSSR count). The fraction of sp³-hybridized carbons (Fsp3) is 0.533. The third-order valence-corrected chi connectivity index (χ3v) is 3.04. The van der Waals surface area contributed by atoms with Crippen molar-refractivity contribution in [3.05, 3.63) is 35.9 Å². The van der Waals surface area contributed by atoms with E-state index in [-0.39, 0.29) is 6.10 Å². The molecule has 0 aliphatic rings. The Kier molecular flexibility index (Phi) is 5.99. The van der Waals surface area contributed by atoms with E-state index < -0.39 is 11.5 Å². The van der Waals surface area contributed by atoms with Crippen molar-refractivity contribution >= 4 is 5.97 Å². The molecule has 0 aliphatic carbocycles. The second-order valence-electron chi connectivity index (χ2n) is 4.78. The van der Waals surface area contributed by atoms with Crippen LogP contribution in [-0.2, 0) is 15.1 Å². The molecule has 0 spiro atoms. The number of likely N-dealkylation sites (N-methyl/N-ethyl adjacent to an activating group) is 1. The van der Waals surface area contributed by atoms with Crippen LogP contribution in [0.3, 0.4) is 0 Å². The lowest BCUT2D eigenvalue weighted by Gasteiger charge is -2.31. The standard InChI is InChI=1S/C15H23NO3/c1-4-16-15(14(17)18,10-11-19-12(2)3)13-8-6-5-7-9-13/h5-9,12,16H,4,10-11H2,1-3H3,(H,17,18). The van der Waals surface area contributed by atoms with Gasteiger partial charge in [0.25, 0.3) is 0 Å². The number of nitrogens with one attached hydrogen (secondary N) is 1. The van der Waals surface area contributed by atoms with Gasteiger partial charge < -0.3 is 9.84 Å². The van der Waals surface area contributed by atoms with Crippen LogP contribution in [0.2, 0.25) is 0 Å². The average molecular weight is 265 g/mol. The molecule has 106 valence electrons. The minimum absolute atomic E-state index is 0.101. The van der Waals surface area contributed by atoms with Crippen LogP contribution in [0, 0.1) is 0 Å². The Hall–Kier alpha value is -1.39. The van der Waals surface area contributed by atoms with Crippen molar-refractivity contribution in [1.29, 1.82) is 0 Å². The number of hydrogen-bond acceptors (Lipinski definition) is 3. The van der Waals surface area contributed by atoms with Gasteiger partial charge >= 0.3 is 5.97 Å². The molecule has 19 heavy (non-hydrogen) atoms. The van der Waals surface area contributed by atoms with Gasteiger partial charge in [-0.3, -0.25) is 5.32 Å².